The van der Waals surface area contributed by atoms with Gasteiger partial charge in [-0.3, -0.25) is 4.79 Å². The number of rotatable bonds is 2. The summed E-state index contributed by atoms with van der Waals surface area (Å²) in [6.45, 7) is -0.279. The average Bonchev–Trinajstić information content (AvgIpc) is 2.89. The number of aromatic nitrogens is 2. The zero-order valence-corrected chi connectivity index (χ0v) is 9.25. The topological polar surface area (TPSA) is 88.3 Å². The Kier molecular flexibility index (Phi) is 3.69. The van der Waals surface area contributed by atoms with Crippen LogP contribution in [0.5, 0.6) is 0 Å². The predicted molar refractivity (Wildman–Crippen MR) is 62.7 cm³/mol. The lowest BCUT2D eigenvalue weighted by molar-refractivity contribution is 0.102. The molecular formula is C12H9N3O3. The van der Waals surface area contributed by atoms with Crippen LogP contribution in [0.2, 0.25) is 0 Å². The van der Waals surface area contributed by atoms with Crippen LogP contribution in [0.15, 0.2) is 35.2 Å². The van der Waals surface area contributed by atoms with Crippen molar-refractivity contribution in [1.29, 1.82) is 0 Å². The van der Waals surface area contributed by atoms with E-state index in [0.717, 1.165) is 0 Å². The van der Waals surface area contributed by atoms with Gasteiger partial charge in [0.05, 0.1) is 5.56 Å². The highest BCUT2D eigenvalue weighted by atomic mass is 16.5. The number of carbonyl (C=O) groups excluding carboxylic acids is 1. The molecule has 2 N–H and O–H groups in total. The molecule has 0 bridgehead atoms. The maximum absolute atomic E-state index is 11.9. The summed E-state index contributed by atoms with van der Waals surface area (Å²) >= 11 is 0. The minimum absolute atomic E-state index is 0.168. The van der Waals surface area contributed by atoms with E-state index in [1.807, 2.05) is 0 Å². The number of carbonyl (C=O) groups is 1. The van der Waals surface area contributed by atoms with Gasteiger partial charge in [0.25, 0.3) is 5.91 Å². The van der Waals surface area contributed by atoms with Crippen molar-refractivity contribution in [3.8, 4) is 11.8 Å². The van der Waals surface area contributed by atoms with E-state index in [9.17, 15) is 4.79 Å². The summed E-state index contributed by atoms with van der Waals surface area (Å²) in [7, 11) is 0. The van der Waals surface area contributed by atoms with Gasteiger partial charge < -0.3 is 14.9 Å². The van der Waals surface area contributed by atoms with Crippen molar-refractivity contribution in [3.05, 3.63) is 41.9 Å². The van der Waals surface area contributed by atoms with Gasteiger partial charge in [0.2, 0.25) is 0 Å². The number of nitrogens with zero attached hydrogens (tertiary/aromatic N) is 2. The molecule has 6 nitrogen and oxygen atoms in total. The van der Waals surface area contributed by atoms with Crippen LogP contribution >= 0.6 is 0 Å². The second-order valence-corrected chi connectivity index (χ2v) is 3.20. The summed E-state index contributed by atoms with van der Waals surface area (Å²) in [5.41, 5.74) is 0.606. The summed E-state index contributed by atoms with van der Waals surface area (Å²) in [6, 6.07) is 4.82. The number of anilines is 1. The van der Waals surface area contributed by atoms with Gasteiger partial charge in [0.15, 0.2) is 5.82 Å². The van der Waals surface area contributed by atoms with Gasteiger partial charge in [-0.1, -0.05) is 17.0 Å². The number of hydrogen-bond acceptors (Lipinski definition) is 5. The van der Waals surface area contributed by atoms with Crippen molar-refractivity contribution < 1.29 is 14.4 Å². The Morgan fingerprint density at radius 3 is 3.11 bits per heavy atom. The minimum Gasteiger partial charge on any atom is -0.384 e. The number of pyridine rings is 1. The number of hydrogen-bond donors (Lipinski definition) is 2. The Morgan fingerprint density at radius 1 is 1.50 bits per heavy atom. The molecule has 0 aromatic carbocycles. The maximum atomic E-state index is 11.9. The lowest BCUT2D eigenvalue weighted by Crippen LogP contribution is -2.15. The first-order valence-corrected chi connectivity index (χ1v) is 5.07. The fraction of sp³-hybridized carbons (Fsp3) is 0.0833. The van der Waals surface area contributed by atoms with E-state index in [2.05, 4.69) is 31.8 Å². The van der Waals surface area contributed by atoms with Gasteiger partial charge in [-0.15, -0.1) is 0 Å². The summed E-state index contributed by atoms with van der Waals surface area (Å²) in [5.74, 6) is 4.99. The van der Waals surface area contributed by atoms with Crippen LogP contribution in [0, 0.1) is 11.8 Å². The molecule has 0 aliphatic rings. The van der Waals surface area contributed by atoms with Gasteiger partial charge in [-0.05, 0) is 12.1 Å². The molecule has 0 aliphatic heterocycles. The monoisotopic (exact) mass is 243 g/mol. The first-order valence-electron chi connectivity index (χ1n) is 5.07. The van der Waals surface area contributed by atoms with Gasteiger partial charge in [0.1, 0.15) is 18.6 Å². The van der Waals surface area contributed by atoms with E-state index in [-0.39, 0.29) is 12.3 Å². The quantitative estimate of drug-likeness (QED) is 0.757. The van der Waals surface area contributed by atoms with Gasteiger partial charge in [0, 0.05) is 12.3 Å². The van der Waals surface area contributed by atoms with E-state index in [0.29, 0.717) is 11.4 Å². The number of aliphatic hydroxyl groups is 1. The van der Waals surface area contributed by atoms with Crippen LogP contribution in [0.25, 0.3) is 0 Å². The van der Waals surface area contributed by atoms with E-state index in [1.165, 1.54) is 18.5 Å². The standard InChI is InChI=1S/C12H9N3O3/c16-7-2-4-9-3-1-6-13-11(9)12(17)14-10-5-8-18-15-10/h1,3,5-6,8,16H,7H2,(H,14,15,17). The van der Waals surface area contributed by atoms with E-state index in [4.69, 9.17) is 5.11 Å². The minimum atomic E-state index is -0.438. The molecule has 0 radical (unpaired) electrons. The van der Waals surface area contributed by atoms with Gasteiger partial charge in [-0.25, -0.2) is 4.98 Å². The van der Waals surface area contributed by atoms with Crippen LogP contribution in [-0.2, 0) is 0 Å². The lowest BCUT2D eigenvalue weighted by atomic mass is 10.2. The molecular weight excluding hydrogens is 234 g/mol. The Bertz CT molecular complexity index is 597. The van der Waals surface area contributed by atoms with Crippen molar-refractivity contribution in [2.45, 2.75) is 0 Å². The van der Waals surface area contributed by atoms with Crippen molar-refractivity contribution >= 4 is 11.7 Å². The van der Waals surface area contributed by atoms with Crippen molar-refractivity contribution in [2.75, 3.05) is 11.9 Å². The molecule has 0 spiro atoms. The smallest absolute Gasteiger partial charge is 0.276 e. The number of aliphatic hydroxyl groups excluding tert-OH is 1. The van der Waals surface area contributed by atoms with E-state index < -0.39 is 5.91 Å². The first-order chi connectivity index (χ1) is 8.81. The molecule has 0 aliphatic carbocycles. The Morgan fingerprint density at radius 2 is 2.39 bits per heavy atom. The third-order valence-electron chi connectivity index (χ3n) is 2.00. The molecule has 6 heteroatoms. The highest BCUT2D eigenvalue weighted by molar-refractivity contribution is 6.03. The largest absolute Gasteiger partial charge is 0.384 e. The molecule has 0 atom stereocenters. The first kappa shape index (κ1) is 11.8. The fourth-order valence-corrected chi connectivity index (χ4v) is 1.27. The van der Waals surface area contributed by atoms with Crippen LogP contribution in [-0.4, -0.2) is 27.8 Å². The van der Waals surface area contributed by atoms with Crippen LogP contribution < -0.4 is 5.32 Å². The van der Waals surface area contributed by atoms with Crippen molar-refractivity contribution in [2.24, 2.45) is 0 Å². The fourth-order valence-electron chi connectivity index (χ4n) is 1.27. The molecule has 0 saturated heterocycles. The summed E-state index contributed by atoms with van der Waals surface area (Å²) in [6.07, 6.45) is 2.84. The Hall–Kier alpha value is -2.65. The van der Waals surface area contributed by atoms with E-state index in [1.54, 1.807) is 12.1 Å². The molecule has 90 valence electrons. The van der Waals surface area contributed by atoms with E-state index >= 15 is 0 Å². The zero-order chi connectivity index (χ0) is 12.8. The molecule has 2 aromatic heterocycles. The lowest BCUT2D eigenvalue weighted by Gasteiger charge is -2.02. The molecule has 0 unspecified atom stereocenters. The number of nitrogens with one attached hydrogen (secondary N) is 1. The predicted octanol–water partition coefficient (Wildman–Crippen LogP) is 0.666. The van der Waals surface area contributed by atoms with Crippen molar-refractivity contribution in [1.82, 2.24) is 10.1 Å². The summed E-state index contributed by atoms with van der Waals surface area (Å²) in [5, 5.41) is 14.7. The molecule has 2 aromatic rings. The zero-order valence-electron chi connectivity index (χ0n) is 9.25. The van der Waals surface area contributed by atoms with Crippen molar-refractivity contribution in [3.63, 3.8) is 0 Å². The summed E-state index contributed by atoms with van der Waals surface area (Å²) < 4.78 is 4.60. The normalized spacial score (nSPS) is 9.39. The Labute approximate surface area is 103 Å². The SMILES string of the molecule is O=C(Nc1ccon1)c1ncccc1C#CCO. The maximum Gasteiger partial charge on any atom is 0.276 e. The Balaban J connectivity index is 2.24. The van der Waals surface area contributed by atoms with Crippen LogP contribution in [0.3, 0.4) is 0 Å². The highest BCUT2D eigenvalue weighted by Crippen LogP contribution is 2.08. The third kappa shape index (κ3) is 2.72. The molecule has 0 saturated carbocycles. The molecule has 18 heavy (non-hydrogen) atoms. The molecule has 1 amide bonds. The second-order valence-electron chi connectivity index (χ2n) is 3.20. The third-order valence-corrected chi connectivity index (χ3v) is 2.00. The molecule has 2 rings (SSSR count). The highest BCUT2D eigenvalue weighted by Gasteiger charge is 2.12. The summed E-state index contributed by atoms with van der Waals surface area (Å²) in [4.78, 5) is 15.9. The molecule has 2 heterocycles. The average molecular weight is 243 g/mol. The van der Waals surface area contributed by atoms with Gasteiger partial charge in [-0.2, -0.15) is 0 Å². The van der Waals surface area contributed by atoms with Crippen LogP contribution in [0.1, 0.15) is 16.1 Å². The van der Waals surface area contributed by atoms with Gasteiger partial charge >= 0.3 is 0 Å². The number of amides is 1. The van der Waals surface area contributed by atoms with Crippen LogP contribution in [0.4, 0.5) is 5.82 Å². The molecule has 0 fully saturated rings. The second kappa shape index (κ2) is 5.61.